The van der Waals surface area contributed by atoms with Crippen LogP contribution in [0.25, 0.3) is 0 Å². The normalized spacial score (nSPS) is 17.6. The molecule has 1 aliphatic heterocycles. The molecule has 0 spiro atoms. The first kappa shape index (κ1) is 12.4. The van der Waals surface area contributed by atoms with E-state index in [-0.39, 0.29) is 13.3 Å². The van der Waals surface area contributed by atoms with E-state index >= 15 is 0 Å². The molecule has 1 heterocycles. The average molecular weight is 186 g/mol. The second kappa shape index (κ2) is 6.89. The molecule has 0 aliphatic carbocycles. The Morgan fingerprint density at radius 3 is 2.46 bits per heavy atom. The molecule has 1 rings (SSSR count). The second-order valence-corrected chi connectivity index (χ2v) is 3.39. The lowest BCUT2D eigenvalue weighted by atomic mass is 10.1. The molecular weight excluding hydrogens is 164 g/mol. The van der Waals surface area contributed by atoms with Crippen LogP contribution in [0, 0.1) is 0 Å². The van der Waals surface area contributed by atoms with Gasteiger partial charge in [0.05, 0.1) is 0 Å². The van der Waals surface area contributed by atoms with Gasteiger partial charge in [0.1, 0.15) is 0 Å². The fourth-order valence-electron chi connectivity index (χ4n) is 1.57. The van der Waals surface area contributed by atoms with Crippen molar-refractivity contribution in [3.05, 3.63) is 0 Å². The van der Waals surface area contributed by atoms with Gasteiger partial charge < -0.3 is 10.2 Å². The molecule has 0 atom stereocenters. The maximum atomic E-state index is 10.6. The lowest BCUT2D eigenvalue weighted by Gasteiger charge is -2.26. The molecule has 1 fully saturated rings. The monoisotopic (exact) mass is 186 g/mol. The van der Waals surface area contributed by atoms with Crippen molar-refractivity contribution in [3.63, 3.8) is 0 Å². The van der Waals surface area contributed by atoms with E-state index in [0.29, 0.717) is 0 Å². The smallest absolute Gasteiger partial charge is 0.216 e. The minimum Gasteiger partial charge on any atom is -0.355 e. The molecular formula is C10H22N2O. The Balaban J connectivity index is 0.00000144. The third-order valence-corrected chi connectivity index (χ3v) is 2.25. The topological polar surface area (TPSA) is 32.3 Å². The van der Waals surface area contributed by atoms with E-state index in [0.717, 1.165) is 13.1 Å². The fraction of sp³-hybridized carbons (Fsp3) is 0.900. The van der Waals surface area contributed by atoms with Gasteiger partial charge in [0.2, 0.25) is 5.91 Å². The summed E-state index contributed by atoms with van der Waals surface area (Å²) in [4.78, 5) is 13.0. The van der Waals surface area contributed by atoms with Crippen LogP contribution < -0.4 is 5.32 Å². The van der Waals surface area contributed by atoms with Crippen LogP contribution in [0.2, 0.25) is 0 Å². The van der Waals surface area contributed by atoms with E-state index in [9.17, 15) is 4.79 Å². The van der Waals surface area contributed by atoms with Gasteiger partial charge in [-0.2, -0.15) is 0 Å². The molecule has 0 aromatic carbocycles. The van der Waals surface area contributed by atoms with Crippen molar-refractivity contribution < 1.29 is 4.79 Å². The second-order valence-electron chi connectivity index (χ2n) is 3.39. The van der Waals surface area contributed by atoms with Crippen molar-refractivity contribution in [1.82, 2.24) is 10.2 Å². The molecule has 1 aliphatic rings. The third-order valence-electron chi connectivity index (χ3n) is 2.25. The molecule has 1 saturated heterocycles. The number of nitrogens with one attached hydrogen (secondary N) is 1. The number of likely N-dealkylation sites (tertiary alicyclic amines) is 1. The number of amides is 1. The summed E-state index contributed by atoms with van der Waals surface area (Å²) in [6.45, 7) is 5.80. The summed E-state index contributed by atoms with van der Waals surface area (Å²) in [7, 11) is 0. The van der Waals surface area contributed by atoms with Crippen LogP contribution in [0.1, 0.15) is 33.6 Å². The van der Waals surface area contributed by atoms with Gasteiger partial charge in [0.25, 0.3) is 0 Å². The Bertz CT molecular complexity index is 142. The summed E-state index contributed by atoms with van der Waals surface area (Å²) in [6, 6.07) is 0. The zero-order chi connectivity index (χ0) is 8.81. The van der Waals surface area contributed by atoms with Crippen LogP contribution in [0.3, 0.4) is 0 Å². The third kappa shape index (κ3) is 5.64. The molecule has 78 valence electrons. The van der Waals surface area contributed by atoms with Gasteiger partial charge in [-0.3, -0.25) is 4.79 Å². The Morgan fingerprint density at radius 2 is 1.92 bits per heavy atom. The largest absolute Gasteiger partial charge is 0.355 e. The van der Waals surface area contributed by atoms with E-state index in [1.165, 1.54) is 32.4 Å². The molecule has 0 unspecified atom stereocenters. The van der Waals surface area contributed by atoms with Crippen LogP contribution >= 0.6 is 0 Å². The SMILES string of the molecule is C.CC(=O)NCCN1CCCCC1. The first-order chi connectivity index (χ1) is 5.79. The predicted molar refractivity (Wildman–Crippen MR) is 55.7 cm³/mol. The Labute approximate surface area is 81.5 Å². The van der Waals surface area contributed by atoms with Crippen molar-refractivity contribution in [2.75, 3.05) is 26.2 Å². The fourth-order valence-corrected chi connectivity index (χ4v) is 1.57. The van der Waals surface area contributed by atoms with Crippen molar-refractivity contribution in [2.24, 2.45) is 0 Å². The van der Waals surface area contributed by atoms with Gasteiger partial charge in [0, 0.05) is 20.0 Å². The molecule has 0 bridgehead atoms. The zero-order valence-electron chi connectivity index (χ0n) is 7.81. The highest BCUT2D eigenvalue weighted by Gasteiger charge is 2.08. The van der Waals surface area contributed by atoms with Gasteiger partial charge in [-0.1, -0.05) is 13.8 Å². The maximum Gasteiger partial charge on any atom is 0.216 e. The van der Waals surface area contributed by atoms with Gasteiger partial charge >= 0.3 is 0 Å². The highest BCUT2D eigenvalue weighted by Crippen LogP contribution is 2.06. The van der Waals surface area contributed by atoms with Gasteiger partial charge in [-0.05, 0) is 25.9 Å². The van der Waals surface area contributed by atoms with Crippen molar-refractivity contribution >= 4 is 5.91 Å². The van der Waals surface area contributed by atoms with Crippen molar-refractivity contribution in [3.8, 4) is 0 Å². The summed E-state index contributed by atoms with van der Waals surface area (Å²) >= 11 is 0. The van der Waals surface area contributed by atoms with E-state index < -0.39 is 0 Å². The lowest BCUT2D eigenvalue weighted by molar-refractivity contribution is -0.119. The molecule has 0 radical (unpaired) electrons. The van der Waals surface area contributed by atoms with Gasteiger partial charge in [0.15, 0.2) is 0 Å². The highest BCUT2D eigenvalue weighted by molar-refractivity contribution is 5.72. The van der Waals surface area contributed by atoms with E-state index in [2.05, 4.69) is 10.2 Å². The Morgan fingerprint density at radius 1 is 1.31 bits per heavy atom. The molecule has 3 nitrogen and oxygen atoms in total. The van der Waals surface area contributed by atoms with Crippen LogP contribution in [0.15, 0.2) is 0 Å². The lowest BCUT2D eigenvalue weighted by Crippen LogP contribution is -2.36. The minimum absolute atomic E-state index is 0. The zero-order valence-corrected chi connectivity index (χ0v) is 7.81. The summed E-state index contributed by atoms with van der Waals surface area (Å²) in [5, 5.41) is 2.81. The van der Waals surface area contributed by atoms with Crippen molar-refractivity contribution in [1.29, 1.82) is 0 Å². The summed E-state index contributed by atoms with van der Waals surface area (Å²) in [6.07, 6.45) is 4.01. The number of hydrogen-bond donors (Lipinski definition) is 1. The van der Waals surface area contributed by atoms with Crippen LogP contribution in [-0.4, -0.2) is 37.0 Å². The summed E-state index contributed by atoms with van der Waals surface area (Å²) < 4.78 is 0. The quantitative estimate of drug-likeness (QED) is 0.719. The van der Waals surface area contributed by atoms with Crippen LogP contribution in [0.5, 0.6) is 0 Å². The molecule has 0 saturated carbocycles. The Hall–Kier alpha value is -0.570. The first-order valence-electron chi connectivity index (χ1n) is 4.76. The predicted octanol–water partition coefficient (Wildman–Crippen LogP) is 1.24. The maximum absolute atomic E-state index is 10.6. The summed E-state index contributed by atoms with van der Waals surface area (Å²) in [5.41, 5.74) is 0. The van der Waals surface area contributed by atoms with Gasteiger partial charge in [-0.25, -0.2) is 0 Å². The molecule has 3 heteroatoms. The number of carbonyl (C=O) groups excluding carboxylic acids is 1. The van der Waals surface area contributed by atoms with E-state index in [4.69, 9.17) is 0 Å². The summed E-state index contributed by atoms with van der Waals surface area (Å²) in [5.74, 6) is 0.0759. The number of rotatable bonds is 3. The minimum atomic E-state index is 0. The van der Waals surface area contributed by atoms with Crippen molar-refractivity contribution in [2.45, 2.75) is 33.6 Å². The van der Waals surface area contributed by atoms with E-state index in [1.807, 2.05) is 0 Å². The molecule has 1 N–H and O–H groups in total. The standard InChI is InChI=1S/C9H18N2O.CH4/c1-9(12)10-5-8-11-6-3-2-4-7-11;/h2-8H2,1H3,(H,10,12);1H4. The number of carbonyl (C=O) groups is 1. The van der Waals surface area contributed by atoms with Crippen LogP contribution in [0.4, 0.5) is 0 Å². The number of piperidine rings is 1. The number of nitrogens with zero attached hydrogens (tertiary/aromatic N) is 1. The Kier molecular flexibility index (Phi) is 6.59. The number of hydrogen-bond acceptors (Lipinski definition) is 2. The molecule has 0 aromatic rings. The first-order valence-corrected chi connectivity index (χ1v) is 4.76. The molecule has 1 amide bonds. The highest BCUT2D eigenvalue weighted by atomic mass is 16.1. The van der Waals surface area contributed by atoms with E-state index in [1.54, 1.807) is 6.92 Å². The molecule has 0 aromatic heterocycles. The van der Waals surface area contributed by atoms with Crippen LogP contribution in [-0.2, 0) is 4.79 Å². The molecule has 13 heavy (non-hydrogen) atoms. The average Bonchev–Trinajstić information content (AvgIpc) is 2.05. The van der Waals surface area contributed by atoms with Gasteiger partial charge in [-0.15, -0.1) is 0 Å².